The molecule has 52 valence electrons. The molecule has 0 bridgehead atoms. The molecule has 0 amide bonds. The zero-order valence-corrected chi connectivity index (χ0v) is 6.07. The van der Waals surface area contributed by atoms with Crippen LogP contribution < -0.4 is 10.9 Å². The first-order chi connectivity index (χ1) is 4.38. The molecule has 0 saturated heterocycles. The molecule has 0 heterocycles. The van der Waals surface area contributed by atoms with E-state index in [1.165, 1.54) is 12.8 Å². The normalized spacial score (nSPS) is 23.8. The van der Waals surface area contributed by atoms with Crippen molar-refractivity contribution in [3.63, 3.8) is 0 Å². The Kier molecular flexibility index (Phi) is 2.25. The van der Waals surface area contributed by atoms with E-state index < -0.39 is 0 Å². The van der Waals surface area contributed by atoms with E-state index in [9.17, 15) is 0 Å². The predicted molar refractivity (Wildman–Crippen MR) is 39.0 cm³/mol. The average Bonchev–Trinajstić information content (AvgIpc) is 2.50. The fourth-order valence-corrected chi connectivity index (χ4v) is 0.983. The van der Waals surface area contributed by atoms with Crippen molar-refractivity contribution in [2.24, 2.45) is 0 Å². The predicted octanol–water partition coefficient (Wildman–Crippen LogP) is 0.819. The first-order valence-electron chi connectivity index (χ1n) is 3.51. The van der Waals surface area contributed by atoms with E-state index in [2.05, 4.69) is 23.9 Å². The zero-order valence-electron chi connectivity index (χ0n) is 6.07. The van der Waals surface area contributed by atoms with Crippen molar-refractivity contribution < 1.29 is 0 Å². The molecular formula is C7H14N2. The molecular weight excluding hydrogens is 112 g/mol. The Morgan fingerprint density at radius 2 is 2.44 bits per heavy atom. The Labute approximate surface area is 56.3 Å². The first kappa shape index (κ1) is 6.78. The topological polar surface area (TPSA) is 24.1 Å². The van der Waals surface area contributed by atoms with Crippen LogP contribution in [0.3, 0.4) is 0 Å². The van der Waals surface area contributed by atoms with Gasteiger partial charge in [0.2, 0.25) is 0 Å². The molecule has 9 heavy (non-hydrogen) atoms. The Morgan fingerprint density at radius 1 is 1.67 bits per heavy atom. The minimum Gasteiger partial charge on any atom is -0.260 e. The lowest BCUT2D eigenvalue weighted by Crippen LogP contribution is -2.31. The van der Waals surface area contributed by atoms with Crippen molar-refractivity contribution in [3.05, 3.63) is 11.6 Å². The molecule has 1 aliphatic rings. The third-order valence-electron chi connectivity index (χ3n) is 1.51. The van der Waals surface area contributed by atoms with Gasteiger partial charge in [0, 0.05) is 0 Å². The van der Waals surface area contributed by atoms with E-state index in [1.54, 1.807) is 5.57 Å². The summed E-state index contributed by atoms with van der Waals surface area (Å²) < 4.78 is 0. The van der Waals surface area contributed by atoms with Crippen LogP contribution in [0.1, 0.15) is 19.8 Å². The van der Waals surface area contributed by atoms with Gasteiger partial charge in [0.15, 0.2) is 0 Å². The molecule has 0 aromatic heterocycles. The van der Waals surface area contributed by atoms with Gasteiger partial charge in [0.05, 0.1) is 6.04 Å². The van der Waals surface area contributed by atoms with Gasteiger partial charge in [0.25, 0.3) is 0 Å². The quantitative estimate of drug-likeness (QED) is 0.430. The fraction of sp³-hybridized carbons (Fsp3) is 0.714. The summed E-state index contributed by atoms with van der Waals surface area (Å²) in [6.45, 7) is 2.20. The van der Waals surface area contributed by atoms with Crippen molar-refractivity contribution in [3.8, 4) is 0 Å². The summed E-state index contributed by atoms with van der Waals surface area (Å²) in [5.41, 5.74) is 7.58. The summed E-state index contributed by atoms with van der Waals surface area (Å²) in [5.74, 6) is 0. The maximum absolute atomic E-state index is 3.11. The van der Waals surface area contributed by atoms with Crippen LogP contribution >= 0.6 is 0 Å². The van der Waals surface area contributed by atoms with Crippen molar-refractivity contribution in [2.45, 2.75) is 25.8 Å². The van der Waals surface area contributed by atoms with Gasteiger partial charge in [0.1, 0.15) is 0 Å². The van der Waals surface area contributed by atoms with Gasteiger partial charge in [-0.15, -0.1) is 0 Å². The zero-order chi connectivity index (χ0) is 6.69. The second-order valence-corrected chi connectivity index (χ2v) is 2.36. The summed E-state index contributed by atoms with van der Waals surface area (Å²) in [5, 5.41) is 0. The highest BCUT2D eigenvalue weighted by Gasteiger charge is 2.21. The summed E-state index contributed by atoms with van der Waals surface area (Å²) in [6, 6.07) is 0.565. The summed E-state index contributed by atoms with van der Waals surface area (Å²) in [6.07, 6.45) is 4.76. The number of hydrazine groups is 1. The molecule has 1 rings (SSSR count). The van der Waals surface area contributed by atoms with E-state index in [-0.39, 0.29) is 0 Å². The third-order valence-corrected chi connectivity index (χ3v) is 1.51. The van der Waals surface area contributed by atoms with Gasteiger partial charge < -0.3 is 0 Å². The highest BCUT2D eigenvalue weighted by molar-refractivity contribution is 5.34. The van der Waals surface area contributed by atoms with Crippen molar-refractivity contribution in [1.82, 2.24) is 10.9 Å². The molecule has 0 aromatic rings. The Bertz CT molecular complexity index is 118. The molecule has 0 saturated carbocycles. The first-order valence-corrected chi connectivity index (χ1v) is 3.51. The SMILES string of the molecule is CCCC1=CC1NNC. The molecule has 0 aromatic carbocycles. The van der Waals surface area contributed by atoms with E-state index in [0.29, 0.717) is 6.04 Å². The van der Waals surface area contributed by atoms with E-state index >= 15 is 0 Å². The number of nitrogens with one attached hydrogen (secondary N) is 2. The van der Waals surface area contributed by atoms with Crippen LogP contribution in [0.2, 0.25) is 0 Å². The van der Waals surface area contributed by atoms with Gasteiger partial charge >= 0.3 is 0 Å². The summed E-state index contributed by atoms with van der Waals surface area (Å²) in [7, 11) is 1.90. The Hall–Kier alpha value is -0.340. The molecule has 0 radical (unpaired) electrons. The van der Waals surface area contributed by atoms with Gasteiger partial charge in [-0.2, -0.15) is 0 Å². The fourth-order valence-electron chi connectivity index (χ4n) is 0.983. The van der Waals surface area contributed by atoms with E-state index in [4.69, 9.17) is 0 Å². The van der Waals surface area contributed by atoms with Crippen LogP contribution in [0.5, 0.6) is 0 Å². The minimum absolute atomic E-state index is 0.565. The molecule has 2 N–H and O–H groups in total. The smallest absolute Gasteiger partial charge is 0.0606 e. The molecule has 2 nitrogen and oxygen atoms in total. The lowest BCUT2D eigenvalue weighted by atomic mass is 10.2. The van der Waals surface area contributed by atoms with E-state index in [1.807, 2.05) is 7.05 Å². The average molecular weight is 126 g/mol. The van der Waals surface area contributed by atoms with Crippen molar-refractivity contribution >= 4 is 0 Å². The lowest BCUT2D eigenvalue weighted by Gasteiger charge is -1.99. The monoisotopic (exact) mass is 126 g/mol. The Balaban J connectivity index is 2.01. The summed E-state index contributed by atoms with van der Waals surface area (Å²) >= 11 is 0. The maximum atomic E-state index is 3.11. The van der Waals surface area contributed by atoms with Crippen LogP contribution in [0.25, 0.3) is 0 Å². The molecule has 1 unspecified atom stereocenters. The molecule has 2 heteroatoms. The molecule has 0 aliphatic heterocycles. The minimum atomic E-state index is 0.565. The van der Waals surface area contributed by atoms with Gasteiger partial charge in [-0.3, -0.25) is 5.43 Å². The second kappa shape index (κ2) is 2.99. The Morgan fingerprint density at radius 3 is 3.00 bits per heavy atom. The number of hydrogen-bond donors (Lipinski definition) is 2. The second-order valence-electron chi connectivity index (χ2n) is 2.36. The highest BCUT2D eigenvalue weighted by atomic mass is 15.4. The number of rotatable bonds is 4. The van der Waals surface area contributed by atoms with Gasteiger partial charge in [-0.05, 0) is 13.5 Å². The van der Waals surface area contributed by atoms with Crippen LogP contribution in [0.15, 0.2) is 11.6 Å². The van der Waals surface area contributed by atoms with Crippen LogP contribution in [0, 0.1) is 0 Å². The van der Waals surface area contributed by atoms with Crippen LogP contribution in [-0.4, -0.2) is 13.1 Å². The molecule has 1 aliphatic carbocycles. The van der Waals surface area contributed by atoms with Gasteiger partial charge in [-0.1, -0.05) is 25.0 Å². The lowest BCUT2D eigenvalue weighted by molar-refractivity contribution is 0.600. The number of hydrogen-bond acceptors (Lipinski definition) is 2. The van der Waals surface area contributed by atoms with Gasteiger partial charge in [-0.25, -0.2) is 5.43 Å². The summed E-state index contributed by atoms with van der Waals surface area (Å²) in [4.78, 5) is 0. The largest absolute Gasteiger partial charge is 0.260 e. The van der Waals surface area contributed by atoms with Crippen molar-refractivity contribution in [2.75, 3.05) is 7.05 Å². The standard InChI is InChI=1S/C7H14N2/c1-3-4-6-5-7(6)9-8-2/h5,7-9H,3-4H2,1-2H3. The molecule has 1 atom stereocenters. The van der Waals surface area contributed by atoms with Crippen LogP contribution in [-0.2, 0) is 0 Å². The molecule has 0 fully saturated rings. The maximum Gasteiger partial charge on any atom is 0.0606 e. The van der Waals surface area contributed by atoms with E-state index in [0.717, 1.165) is 0 Å². The highest BCUT2D eigenvalue weighted by Crippen LogP contribution is 2.23. The van der Waals surface area contributed by atoms with Crippen LogP contribution in [0.4, 0.5) is 0 Å². The van der Waals surface area contributed by atoms with Crippen molar-refractivity contribution in [1.29, 1.82) is 0 Å². The third kappa shape index (κ3) is 1.80. The molecule has 0 spiro atoms.